The number of piperidine rings is 1. The predicted molar refractivity (Wildman–Crippen MR) is 95.2 cm³/mol. The van der Waals surface area contributed by atoms with Crippen LogP contribution in [-0.4, -0.2) is 35.7 Å². The number of nitrogens with zero attached hydrogens (tertiary/aromatic N) is 2. The van der Waals surface area contributed by atoms with E-state index < -0.39 is 6.17 Å². The molecule has 2 aliphatic rings. The van der Waals surface area contributed by atoms with E-state index in [9.17, 15) is 4.39 Å². The Hall–Kier alpha value is -1.90. The van der Waals surface area contributed by atoms with Crippen LogP contribution in [0.25, 0.3) is 6.08 Å². The minimum Gasteiger partial charge on any atom is -0.333 e. The molecule has 1 saturated heterocycles. The van der Waals surface area contributed by atoms with Crippen LogP contribution in [0.3, 0.4) is 0 Å². The zero-order chi connectivity index (χ0) is 16.4. The molecule has 0 radical (unpaired) electrons. The molecule has 1 N–H and O–H groups in total. The van der Waals surface area contributed by atoms with Gasteiger partial charge in [0.25, 0.3) is 0 Å². The first-order chi connectivity index (χ1) is 11.8. The monoisotopic (exact) mass is 341 g/mol. The normalized spacial score (nSPS) is 18.2. The lowest BCUT2D eigenvalue weighted by Gasteiger charge is -2.27. The van der Waals surface area contributed by atoms with Gasteiger partial charge in [0.2, 0.25) is 0 Å². The summed E-state index contributed by atoms with van der Waals surface area (Å²) in [6.45, 7) is 3.47. The molecule has 2 aromatic heterocycles. The molecule has 0 saturated carbocycles. The molecule has 2 aromatic rings. The minimum atomic E-state index is -0.610. The zero-order valence-electron chi connectivity index (χ0n) is 13.5. The van der Waals surface area contributed by atoms with Gasteiger partial charge in [0.05, 0.1) is 10.6 Å². The number of aromatic nitrogens is 1. The summed E-state index contributed by atoms with van der Waals surface area (Å²) in [4.78, 5) is 12.4. The molecule has 3 nitrogen and oxygen atoms in total. The molecule has 5 heteroatoms. The molecular weight excluding hydrogens is 321 g/mol. The maximum Gasteiger partial charge on any atom is 0.132 e. The van der Waals surface area contributed by atoms with Crippen molar-refractivity contribution in [2.45, 2.75) is 32.0 Å². The van der Waals surface area contributed by atoms with Crippen molar-refractivity contribution in [3.63, 3.8) is 0 Å². The molecule has 0 spiro atoms. The van der Waals surface area contributed by atoms with Crippen molar-refractivity contribution >= 4 is 17.4 Å². The van der Waals surface area contributed by atoms with Gasteiger partial charge in [-0.3, -0.25) is 9.89 Å². The van der Waals surface area contributed by atoms with Crippen LogP contribution in [0.2, 0.25) is 0 Å². The first kappa shape index (κ1) is 15.6. The van der Waals surface area contributed by atoms with Gasteiger partial charge in [0.1, 0.15) is 11.7 Å². The van der Waals surface area contributed by atoms with Crippen LogP contribution in [0.15, 0.2) is 23.2 Å². The number of halogens is 1. The lowest BCUT2D eigenvalue weighted by atomic mass is 10.1. The standard InChI is InChI=1S/C19H20FN3S/c20-15-7-10-23(11-8-15)13-18-6-5-17(24-18)4-3-16-12-14-2-1-9-21-19(14)22-16/h2,5-6,12,15H,1,7-11,13H2,(H,21,22). The summed E-state index contributed by atoms with van der Waals surface area (Å²) >= 11 is 1.73. The SMILES string of the molecule is FC1CCN(Cc2ccc(C#Cc3cc4c([nH]3)=NCCC=4)s2)CC1. The first-order valence-corrected chi connectivity index (χ1v) is 9.29. The number of rotatable bonds is 2. The van der Waals surface area contributed by atoms with Crippen molar-refractivity contribution in [2.75, 3.05) is 19.6 Å². The van der Waals surface area contributed by atoms with E-state index in [1.165, 1.54) is 4.88 Å². The Morgan fingerprint density at radius 2 is 2.17 bits per heavy atom. The van der Waals surface area contributed by atoms with Crippen LogP contribution in [0.5, 0.6) is 0 Å². The van der Waals surface area contributed by atoms with Gasteiger partial charge in [-0.05, 0) is 49.3 Å². The second-order valence-electron chi connectivity index (χ2n) is 6.33. The molecule has 4 rings (SSSR count). The predicted octanol–water partition coefficient (Wildman–Crippen LogP) is 2.21. The smallest absolute Gasteiger partial charge is 0.132 e. The maximum atomic E-state index is 13.2. The van der Waals surface area contributed by atoms with Gasteiger partial charge >= 0.3 is 0 Å². The van der Waals surface area contributed by atoms with Crippen LogP contribution in [0.1, 0.15) is 34.7 Å². The fraction of sp³-hybridized carbons (Fsp3) is 0.421. The molecule has 4 heterocycles. The Bertz CT molecular complexity index is 858. The third-order valence-electron chi connectivity index (χ3n) is 4.47. The fourth-order valence-electron chi connectivity index (χ4n) is 3.15. The van der Waals surface area contributed by atoms with E-state index in [-0.39, 0.29) is 0 Å². The Kier molecular flexibility index (Phi) is 4.50. The average Bonchev–Trinajstić information content (AvgIpc) is 3.21. The van der Waals surface area contributed by atoms with E-state index in [0.717, 1.165) is 53.9 Å². The number of likely N-dealkylation sites (tertiary alicyclic amines) is 1. The summed E-state index contributed by atoms with van der Waals surface area (Å²) in [5, 5.41) is 1.16. The highest BCUT2D eigenvalue weighted by Gasteiger charge is 2.18. The third-order valence-corrected chi connectivity index (χ3v) is 5.45. The van der Waals surface area contributed by atoms with Crippen LogP contribution < -0.4 is 10.7 Å². The molecule has 0 atom stereocenters. The molecule has 0 unspecified atom stereocenters. The highest BCUT2D eigenvalue weighted by molar-refractivity contribution is 7.12. The van der Waals surface area contributed by atoms with E-state index in [1.807, 2.05) is 0 Å². The summed E-state index contributed by atoms with van der Waals surface area (Å²) < 4.78 is 13.2. The van der Waals surface area contributed by atoms with E-state index in [0.29, 0.717) is 12.8 Å². The summed E-state index contributed by atoms with van der Waals surface area (Å²) in [5.74, 6) is 6.44. The summed E-state index contributed by atoms with van der Waals surface area (Å²) in [5.41, 5.74) is 1.87. The van der Waals surface area contributed by atoms with E-state index in [1.54, 1.807) is 11.3 Å². The molecule has 0 aromatic carbocycles. The molecule has 0 aliphatic carbocycles. The van der Waals surface area contributed by atoms with Gasteiger partial charge in [-0.15, -0.1) is 11.3 Å². The Balaban J connectivity index is 1.43. The lowest BCUT2D eigenvalue weighted by Crippen LogP contribution is -2.33. The number of thiophene rings is 1. The molecule has 0 amide bonds. The van der Waals surface area contributed by atoms with Crippen LogP contribution >= 0.6 is 11.3 Å². The third kappa shape index (κ3) is 3.61. The molecule has 2 aliphatic heterocycles. The lowest BCUT2D eigenvalue weighted by molar-refractivity contribution is 0.146. The average molecular weight is 341 g/mol. The summed E-state index contributed by atoms with van der Waals surface area (Å²) in [7, 11) is 0. The van der Waals surface area contributed by atoms with Crippen molar-refractivity contribution in [1.29, 1.82) is 0 Å². The van der Waals surface area contributed by atoms with Crippen LogP contribution in [0, 0.1) is 11.8 Å². The van der Waals surface area contributed by atoms with Gasteiger partial charge in [-0.25, -0.2) is 4.39 Å². The highest BCUT2D eigenvalue weighted by Crippen LogP contribution is 2.21. The van der Waals surface area contributed by atoms with E-state index in [2.05, 4.69) is 51.0 Å². The number of hydrogen-bond acceptors (Lipinski definition) is 3. The summed E-state index contributed by atoms with van der Waals surface area (Å²) in [6.07, 6.45) is 3.93. The number of aromatic amines is 1. The van der Waals surface area contributed by atoms with E-state index in [4.69, 9.17) is 0 Å². The second-order valence-corrected chi connectivity index (χ2v) is 7.50. The van der Waals surface area contributed by atoms with Crippen molar-refractivity contribution in [3.05, 3.63) is 44.4 Å². The van der Waals surface area contributed by atoms with Crippen molar-refractivity contribution in [1.82, 2.24) is 9.88 Å². The van der Waals surface area contributed by atoms with Gasteiger partial charge in [0, 0.05) is 36.3 Å². The van der Waals surface area contributed by atoms with Gasteiger partial charge in [-0.2, -0.15) is 0 Å². The van der Waals surface area contributed by atoms with Crippen molar-refractivity contribution < 1.29 is 4.39 Å². The second kappa shape index (κ2) is 6.92. The number of alkyl halides is 1. The van der Waals surface area contributed by atoms with Gasteiger partial charge in [0.15, 0.2) is 0 Å². The largest absolute Gasteiger partial charge is 0.333 e. The van der Waals surface area contributed by atoms with Gasteiger partial charge < -0.3 is 4.98 Å². The van der Waals surface area contributed by atoms with E-state index >= 15 is 0 Å². The summed E-state index contributed by atoms with van der Waals surface area (Å²) in [6, 6.07) is 6.29. The zero-order valence-corrected chi connectivity index (χ0v) is 14.3. The number of hydrogen-bond donors (Lipinski definition) is 1. The van der Waals surface area contributed by atoms with Crippen LogP contribution in [-0.2, 0) is 6.54 Å². The Morgan fingerprint density at radius 1 is 1.29 bits per heavy atom. The molecule has 1 fully saturated rings. The molecule has 124 valence electrons. The molecule has 24 heavy (non-hydrogen) atoms. The van der Waals surface area contributed by atoms with Gasteiger partial charge in [-0.1, -0.05) is 6.08 Å². The Labute approximate surface area is 144 Å². The number of fused-ring (bicyclic) bond motifs is 1. The topological polar surface area (TPSA) is 31.4 Å². The van der Waals surface area contributed by atoms with Crippen LogP contribution in [0.4, 0.5) is 4.39 Å². The number of H-pyrrole nitrogens is 1. The first-order valence-electron chi connectivity index (χ1n) is 8.47. The van der Waals surface area contributed by atoms with Crippen molar-refractivity contribution in [2.24, 2.45) is 4.99 Å². The quantitative estimate of drug-likeness (QED) is 0.835. The number of nitrogens with one attached hydrogen (secondary N) is 1. The molecular formula is C19H20FN3S. The fourth-order valence-corrected chi connectivity index (χ4v) is 4.05. The Morgan fingerprint density at radius 3 is 3.00 bits per heavy atom. The highest BCUT2D eigenvalue weighted by atomic mass is 32.1. The maximum absolute atomic E-state index is 13.2. The molecule has 0 bridgehead atoms. The van der Waals surface area contributed by atoms with Crippen molar-refractivity contribution in [3.8, 4) is 11.8 Å². The minimum absolute atomic E-state index is 0.610.